The lowest BCUT2D eigenvalue weighted by Crippen LogP contribution is -2.33. The second-order valence-electron chi connectivity index (χ2n) is 5.89. The Bertz CT molecular complexity index is 609. The molecule has 1 fully saturated rings. The van der Waals surface area contributed by atoms with Crippen molar-refractivity contribution in [3.63, 3.8) is 0 Å². The lowest BCUT2D eigenvalue weighted by Gasteiger charge is -2.28. The van der Waals surface area contributed by atoms with Gasteiger partial charge in [-0.25, -0.2) is 0 Å². The van der Waals surface area contributed by atoms with E-state index in [1.807, 2.05) is 12.3 Å². The summed E-state index contributed by atoms with van der Waals surface area (Å²) >= 11 is 3.59. The number of pyridine rings is 1. The van der Waals surface area contributed by atoms with Crippen molar-refractivity contribution in [2.24, 2.45) is 5.92 Å². The van der Waals surface area contributed by atoms with Crippen molar-refractivity contribution >= 4 is 26.8 Å². The van der Waals surface area contributed by atoms with Gasteiger partial charge in [-0.1, -0.05) is 28.1 Å². The SMILES string of the molecule is OCC1CCC(NCc2ccc(Br)c3cccnc23)CC1. The van der Waals surface area contributed by atoms with Gasteiger partial charge in [0.1, 0.15) is 0 Å². The smallest absolute Gasteiger partial charge is 0.0758 e. The number of hydrogen-bond acceptors (Lipinski definition) is 3. The van der Waals surface area contributed by atoms with Crippen molar-refractivity contribution < 1.29 is 5.11 Å². The summed E-state index contributed by atoms with van der Waals surface area (Å²) in [6, 6.07) is 8.88. The van der Waals surface area contributed by atoms with E-state index in [0.717, 1.165) is 42.2 Å². The highest BCUT2D eigenvalue weighted by molar-refractivity contribution is 9.10. The lowest BCUT2D eigenvalue weighted by molar-refractivity contribution is 0.175. The summed E-state index contributed by atoms with van der Waals surface area (Å²) < 4.78 is 1.10. The van der Waals surface area contributed by atoms with E-state index in [1.54, 1.807) is 0 Å². The van der Waals surface area contributed by atoms with Crippen LogP contribution in [0.5, 0.6) is 0 Å². The van der Waals surface area contributed by atoms with Crippen molar-refractivity contribution in [3.8, 4) is 0 Å². The maximum absolute atomic E-state index is 9.20. The molecule has 1 heterocycles. The molecule has 0 saturated heterocycles. The highest BCUT2D eigenvalue weighted by atomic mass is 79.9. The molecule has 1 saturated carbocycles. The van der Waals surface area contributed by atoms with Gasteiger partial charge in [0.15, 0.2) is 0 Å². The highest BCUT2D eigenvalue weighted by Gasteiger charge is 2.20. The van der Waals surface area contributed by atoms with Gasteiger partial charge in [-0.3, -0.25) is 4.98 Å². The molecule has 3 nitrogen and oxygen atoms in total. The van der Waals surface area contributed by atoms with Crippen molar-refractivity contribution in [1.29, 1.82) is 0 Å². The van der Waals surface area contributed by atoms with Gasteiger partial charge >= 0.3 is 0 Å². The van der Waals surface area contributed by atoms with E-state index < -0.39 is 0 Å². The minimum Gasteiger partial charge on any atom is -0.396 e. The van der Waals surface area contributed by atoms with Crippen LogP contribution in [-0.4, -0.2) is 22.7 Å². The molecule has 1 aromatic carbocycles. The molecular weight excluding hydrogens is 328 g/mol. The van der Waals surface area contributed by atoms with Crippen LogP contribution in [0.4, 0.5) is 0 Å². The molecule has 1 aliphatic carbocycles. The van der Waals surface area contributed by atoms with Gasteiger partial charge in [-0.05, 0) is 49.3 Å². The molecule has 112 valence electrons. The van der Waals surface area contributed by atoms with E-state index >= 15 is 0 Å². The number of rotatable bonds is 4. The van der Waals surface area contributed by atoms with Gasteiger partial charge in [0.2, 0.25) is 0 Å². The highest BCUT2D eigenvalue weighted by Crippen LogP contribution is 2.27. The zero-order valence-corrected chi connectivity index (χ0v) is 13.6. The molecule has 0 spiro atoms. The van der Waals surface area contributed by atoms with Gasteiger partial charge in [0.25, 0.3) is 0 Å². The van der Waals surface area contributed by atoms with Crippen LogP contribution < -0.4 is 5.32 Å². The fourth-order valence-electron chi connectivity index (χ4n) is 3.14. The quantitative estimate of drug-likeness (QED) is 0.886. The minimum absolute atomic E-state index is 0.341. The van der Waals surface area contributed by atoms with Crippen molar-refractivity contribution in [1.82, 2.24) is 10.3 Å². The first kappa shape index (κ1) is 14.9. The Hall–Kier alpha value is -0.970. The average Bonchev–Trinajstić information content (AvgIpc) is 2.55. The normalized spacial score (nSPS) is 22.6. The Kier molecular flexibility index (Phi) is 4.88. The standard InChI is InChI=1S/C17H21BrN2O/c18-16-8-5-13(17-15(16)2-1-9-19-17)10-20-14-6-3-12(11-21)4-7-14/h1-2,5,8-9,12,14,20-21H,3-4,6-7,10-11H2. The molecule has 0 bridgehead atoms. The van der Waals surface area contributed by atoms with Crippen LogP contribution in [0.3, 0.4) is 0 Å². The molecule has 0 amide bonds. The second kappa shape index (κ2) is 6.86. The number of benzene rings is 1. The number of aromatic nitrogens is 1. The first-order chi connectivity index (χ1) is 10.3. The topological polar surface area (TPSA) is 45.1 Å². The Labute approximate surface area is 133 Å². The number of nitrogens with one attached hydrogen (secondary N) is 1. The van der Waals surface area contributed by atoms with E-state index in [0.29, 0.717) is 18.6 Å². The summed E-state index contributed by atoms with van der Waals surface area (Å²) in [5.74, 6) is 0.512. The van der Waals surface area contributed by atoms with Crippen LogP contribution in [0.1, 0.15) is 31.2 Å². The van der Waals surface area contributed by atoms with Crippen LogP contribution >= 0.6 is 15.9 Å². The molecule has 2 N–H and O–H groups in total. The fourth-order valence-corrected chi connectivity index (χ4v) is 3.59. The zero-order valence-electron chi connectivity index (χ0n) is 12.1. The number of fused-ring (bicyclic) bond motifs is 1. The lowest BCUT2D eigenvalue weighted by atomic mass is 9.86. The summed E-state index contributed by atoms with van der Waals surface area (Å²) in [4.78, 5) is 4.53. The molecule has 3 rings (SSSR count). The predicted octanol–water partition coefficient (Wildman–Crippen LogP) is 3.64. The molecule has 0 radical (unpaired) electrons. The Morgan fingerprint density at radius 1 is 1.19 bits per heavy atom. The summed E-state index contributed by atoms with van der Waals surface area (Å²) in [7, 11) is 0. The number of aliphatic hydroxyl groups is 1. The first-order valence-electron chi connectivity index (χ1n) is 7.64. The fraction of sp³-hybridized carbons (Fsp3) is 0.471. The van der Waals surface area contributed by atoms with Crippen molar-refractivity contribution in [3.05, 3.63) is 40.5 Å². The maximum atomic E-state index is 9.20. The second-order valence-corrected chi connectivity index (χ2v) is 6.74. The van der Waals surface area contributed by atoms with E-state index in [1.165, 1.54) is 10.9 Å². The third-order valence-corrected chi connectivity index (χ3v) is 5.18. The van der Waals surface area contributed by atoms with E-state index in [2.05, 4.69) is 44.4 Å². The summed E-state index contributed by atoms with van der Waals surface area (Å²) in [5, 5.41) is 14.0. The Morgan fingerprint density at radius 3 is 2.76 bits per heavy atom. The van der Waals surface area contributed by atoms with Crippen molar-refractivity contribution in [2.45, 2.75) is 38.3 Å². The minimum atomic E-state index is 0.341. The number of halogens is 1. The molecule has 4 heteroatoms. The number of nitrogens with zero attached hydrogens (tertiary/aromatic N) is 1. The summed E-state index contributed by atoms with van der Waals surface area (Å²) in [6.45, 7) is 1.20. The third kappa shape index (κ3) is 3.44. The molecule has 2 aromatic rings. The van der Waals surface area contributed by atoms with Crippen molar-refractivity contribution in [2.75, 3.05) is 6.61 Å². The van der Waals surface area contributed by atoms with E-state index in [-0.39, 0.29) is 0 Å². The van der Waals surface area contributed by atoms with Crippen LogP contribution in [0.25, 0.3) is 10.9 Å². The van der Waals surface area contributed by atoms with Gasteiger partial charge in [0, 0.05) is 35.2 Å². The summed E-state index contributed by atoms with van der Waals surface area (Å²) in [5.41, 5.74) is 2.32. The van der Waals surface area contributed by atoms with Gasteiger partial charge in [-0.15, -0.1) is 0 Å². The van der Waals surface area contributed by atoms with Crippen LogP contribution in [0.15, 0.2) is 34.9 Å². The van der Waals surface area contributed by atoms with Gasteiger partial charge in [-0.2, -0.15) is 0 Å². The van der Waals surface area contributed by atoms with Gasteiger partial charge < -0.3 is 10.4 Å². The molecule has 1 aromatic heterocycles. The molecule has 21 heavy (non-hydrogen) atoms. The van der Waals surface area contributed by atoms with Gasteiger partial charge in [0.05, 0.1) is 5.52 Å². The predicted molar refractivity (Wildman–Crippen MR) is 89.1 cm³/mol. The van der Waals surface area contributed by atoms with Crippen LogP contribution in [0.2, 0.25) is 0 Å². The zero-order chi connectivity index (χ0) is 14.7. The molecule has 0 unspecified atom stereocenters. The Balaban J connectivity index is 1.67. The largest absolute Gasteiger partial charge is 0.396 e. The maximum Gasteiger partial charge on any atom is 0.0758 e. The molecule has 0 atom stereocenters. The van der Waals surface area contributed by atoms with E-state index in [9.17, 15) is 5.11 Å². The molecule has 0 aliphatic heterocycles. The molecule has 1 aliphatic rings. The third-order valence-electron chi connectivity index (χ3n) is 4.49. The average molecular weight is 349 g/mol. The first-order valence-corrected chi connectivity index (χ1v) is 8.43. The summed E-state index contributed by atoms with van der Waals surface area (Å²) in [6.07, 6.45) is 6.44. The monoisotopic (exact) mass is 348 g/mol. The van der Waals surface area contributed by atoms with Crippen LogP contribution in [-0.2, 0) is 6.54 Å². The Morgan fingerprint density at radius 2 is 2.00 bits per heavy atom. The molecular formula is C17H21BrN2O. The number of aliphatic hydroxyl groups excluding tert-OH is 1. The van der Waals surface area contributed by atoms with E-state index in [4.69, 9.17) is 0 Å². The number of hydrogen-bond donors (Lipinski definition) is 2. The van der Waals surface area contributed by atoms with Crippen LogP contribution in [0, 0.1) is 5.92 Å².